The van der Waals surface area contributed by atoms with Gasteiger partial charge in [-0.1, -0.05) is 81.4 Å². The number of ether oxygens (including phenoxy) is 2. The lowest BCUT2D eigenvalue weighted by atomic mass is 9.62. The van der Waals surface area contributed by atoms with Gasteiger partial charge in [-0.2, -0.15) is 0 Å². The molecular weight excluding hydrogens is 460 g/mol. The summed E-state index contributed by atoms with van der Waals surface area (Å²) in [4.78, 5) is 0. The van der Waals surface area contributed by atoms with E-state index >= 15 is 0 Å². The molecule has 0 saturated heterocycles. The second-order valence-corrected chi connectivity index (χ2v) is 11.2. The second-order valence-electron chi connectivity index (χ2n) is 10.5. The van der Waals surface area contributed by atoms with Gasteiger partial charge in [-0.15, -0.1) is 0 Å². The van der Waals surface area contributed by atoms with Crippen LogP contribution in [0.2, 0.25) is 0 Å². The van der Waals surface area contributed by atoms with Gasteiger partial charge in [0, 0.05) is 25.4 Å². The first-order valence-corrected chi connectivity index (χ1v) is 13.0. The lowest BCUT2D eigenvalue weighted by Gasteiger charge is -2.47. The number of hydrogen-bond acceptors (Lipinski definition) is 4. The van der Waals surface area contributed by atoms with Crippen LogP contribution in [0.5, 0.6) is 0 Å². The highest BCUT2D eigenvalue weighted by Crippen LogP contribution is 2.45. The molecule has 3 rings (SSSR count). The van der Waals surface area contributed by atoms with Gasteiger partial charge in [0.25, 0.3) is 10.3 Å². The van der Waals surface area contributed by atoms with Crippen molar-refractivity contribution in [2.75, 3.05) is 19.8 Å². The summed E-state index contributed by atoms with van der Waals surface area (Å²) in [6, 6.07) is 20.9. The Kier molecular flexibility index (Phi) is 9.72. The zero-order chi connectivity index (χ0) is 24.4. The Balaban J connectivity index is 1.42. The molecule has 2 aromatic rings. The van der Waals surface area contributed by atoms with Crippen molar-refractivity contribution in [2.24, 2.45) is 10.8 Å². The Hall–Kier alpha value is -2.18. The van der Waals surface area contributed by atoms with E-state index in [-0.39, 0.29) is 16.9 Å². The highest BCUT2D eigenvalue weighted by Gasteiger charge is 2.41. The van der Waals surface area contributed by atoms with Crippen molar-refractivity contribution in [3.05, 3.63) is 71.8 Å². The van der Waals surface area contributed by atoms with Gasteiger partial charge in [-0.3, -0.25) is 0 Å². The fourth-order valence-electron chi connectivity index (χ4n) is 5.23. The Morgan fingerprint density at radius 1 is 0.824 bits per heavy atom. The minimum absolute atomic E-state index is 0.0753. The van der Waals surface area contributed by atoms with Gasteiger partial charge < -0.3 is 20.1 Å². The minimum Gasteiger partial charge on any atom is -0.471 e. The number of nitrogens with one attached hydrogen (secondary N) is 2. The molecule has 34 heavy (non-hydrogen) atoms. The average Bonchev–Trinajstić information content (AvgIpc) is 2.78. The normalized spacial score (nSPS) is 21.3. The molecule has 0 radical (unpaired) electrons. The van der Waals surface area contributed by atoms with E-state index in [1.807, 2.05) is 36.4 Å². The molecule has 2 atom stereocenters. The number of thiocarbonyl (C=S) groups is 2. The maximum atomic E-state index is 5.83. The predicted octanol–water partition coefficient (Wildman–Crippen LogP) is 5.84. The van der Waals surface area contributed by atoms with Crippen molar-refractivity contribution in [2.45, 2.75) is 58.9 Å². The average molecular weight is 499 g/mol. The van der Waals surface area contributed by atoms with Crippen LogP contribution in [-0.2, 0) is 22.3 Å². The number of benzene rings is 2. The third-order valence-electron chi connectivity index (χ3n) is 6.36. The summed E-state index contributed by atoms with van der Waals surface area (Å²) >= 11 is 10.9. The molecule has 184 valence electrons. The van der Waals surface area contributed by atoms with Crippen molar-refractivity contribution in [1.82, 2.24) is 10.6 Å². The molecule has 1 aliphatic carbocycles. The van der Waals surface area contributed by atoms with Crippen molar-refractivity contribution in [1.29, 1.82) is 0 Å². The van der Waals surface area contributed by atoms with Gasteiger partial charge in [-0.05, 0) is 65.7 Å². The van der Waals surface area contributed by atoms with Crippen LogP contribution >= 0.6 is 24.4 Å². The van der Waals surface area contributed by atoms with Gasteiger partial charge in [-0.25, -0.2) is 0 Å². The van der Waals surface area contributed by atoms with E-state index in [1.165, 1.54) is 11.1 Å². The second kappa shape index (κ2) is 12.5. The van der Waals surface area contributed by atoms with E-state index in [1.54, 1.807) is 0 Å². The standard InChI is InChI=1S/C28H38N2O2S2/c1-27(2)18-24(30-26(34)32-17-15-23-12-8-5-9-13-23)19-28(3,20-27)21-29-25(33)31-16-14-22-10-6-4-7-11-22/h4-13,24H,14-21H2,1-3H3,(H,29,33)(H,30,34). The van der Waals surface area contributed by atoms with Crippen LogP contribution in [-0.4, -0.2) is 36.1 Å². The molecule has 0 bridgehead atoms. The number of rotatable bonds is 9. The quantitative estimate of drug-likeness (QED) is 0.424. The Bertz CT molecular complexity index is 921. The van der Waals surface area contributed by atoms with E-state index in [9.17, 15) is 0 Å². The van der Waals surface area contributed by atoms with Gasteiger partial charge in [0.05, 0.1) is 13.2 Å². The van der Waals surface area contributed by atoms with Crippen LogP contribution in [0.3, 0.4) is 0 Å². The fourth-order valence-corrected chi connectivity index (χ4v) is 5.63. The first kappa shape index (κ1) is 26.4. The molecule has 0 amide bonds. The smallest absolute Gasteiger partial charge is 0.256 e. The Morgan fingerprint density at radius 2 is 1.35 bits per heavy atom. The third kappa shape index (κ3) is 9.22. The molecule has 2 aromatic carbocycles. The molecule has 0 aromatic heterocycles. The zero-order valence-corrected chi connectivity index (χ0v) is 22.3. The van der Waals surface area contributed by atoms with Crippen LogP contribution in [0.4, 0.5) is 0 Å². The van der Waals surface area contributed by atoms with Gasteiger partial charge >= 0.3 is 0 Å². The van der Waals surface area contributed by atoms with Crippen molar-refractivity contribution >= 4 is 34.8 Å². The minimum atomic E-state index is 0.0753. The molecule has 0 spiro atoms. The molecular formula is C28H38N2O2S2. The zero-order valence-electron chi connectivity index (χ0n) is 20.6. The van der Waals surface area contributed by atoms with Crippen LogP contribution in [0, 0.1) is 10.8 Å². The monoisotopic (exact) mass is 498 g/mol. The predicted molar refractivity (Wildman–Crippen MR) is 148 cm³/mol. The molecule has 1 fully saturated rings. The van der Waals surface area contributed by atoms with Crippen LogP contribution in [0.1, 0.15) is 51.2 Å². The maximum absolute atomic E-state index is 5.83. The topological polar surface area (TPSA) is 42.5 Å². The molecule has 2 unspecified atom stereocenters. The highest BCUT2D eigenvalue weighted by atomic mass is 32.1. The molecule has 4 nitrogen and oxygen atoms in total. The van der Waals surface area contributed by atoms with E-state index in [0.717, 1.165) is 38.6 Å². The van der Waals surface area contributed by atoms with Crippen molar-refractivity contribution in [3.63, 3.8) is 0 Å². The summed E-state index contributed by atoms with van der Waals surface area (Å²) < 4.78 is 11.6. The van der Waals surface area contributed by atoms with Crippen molar-refractivity contribution < 1.29 is 9.47 Å². The maximum Gasteiger partial charge on any atom is 0.256 e. The number of hydrogen-bond donors (Lipinski definition) is 2. The summed E-state index contributed by atoms with van der Waals surface area (Å²) in [7, 11) is 0. The summed E-state index contributed by atoms with van der Waals surface area (Å²) in [5.41, 5.74) is 2.78. The lowest BCUT2D eigenvalue weighted by molar-refractivity contribution is 0.0766. The van der Waals surface area contributed by atoms with Crippen LogP contribution < -0.4 is 10.6 Å². The molecule has 6 heteroatoms. The van der Waals surface area contributed by atoms with Gasteiger partial charge in [0.2, 0.25) is 0 Å². The lowest BCUT2D eigenvalue weighted by Crippen LogP contribution is -2.50. The largest absolute Gasteiger partial charge is 0.471 e. The van der Waals surface area contributed by atoms with E-state index < -0.39 is 0 Å². The molecule has 2 N–H and O–H groups in total. The summed E-state index contributed by atoms with van der Waals surface area (Å²) in [5.74, 6) is 0. The first-order chi connectivity index (χ1) is 16.2. The van der Waals surface area contributed by atoms with E-state index in [2.05, 4.69) is 55.7 Å². The van der Waals surface area contributed by atoms with Crippen LogP contribution in [0.15, 0.2) is 60.7 Å². The SMILES string of the molecule is CC1(C)CC(NC(=S)OCCc2ccccc2)CC(C)(CNC(=S)OCCc2ccccc2)C1. The summed E-state index contributed by atoms with van der Waals surface area (Å²) in [6.07, 6.45) is 4.86. The van der Waals surface area contributed by atoms with Gasteiger partial charge in [0.1, 0.15) is 0 Å². The van der Waals surface area contributed by atoms with Gasteiger partial charge in [0.15, 0.2) is 0 Å². The highest BCUT2D eigenvalue weighted by molar-refractivity contribution is 7.80. The molecule has 0 aliphatic heterocycles. The van der Waals surface area contributed by atoms with E-state index in [4.69, 9.17) is 33.9 Å². The van der Waals surface area contributed by atoms with Crippen molar-refractivity contribution in [3.8, 4) is 0 Å². The van der Waals surface area contributed by atoms with Crippen LogP contribution in [0.25, 0.3) is 0 Å². The first-order valence-electron chi connectivity index (χ1n) is 12.1. The third-order valence-corrected chi connectivity index (χ3v) is 6.86. The summed E-state index contributed by atoms with van der Waals surface area (Å²) in [6.45, 7) is 8.91. The molecule has 1 aliphatic rings. The molecule has 1 saturated carbocycles. The summed E-state index contributed by atoms with van der Waals surface area (Å²) in [5, 5.41) is 7.80. The van der Waals surface area contributed by atoms with E-state index in [0.29, 0.717) is 23.6 Å². The Labute approximate surface area is 215 Å². The molecule has 0 heterocycles. The fraction of sp³-hybridized carbons (Fsp3) is 0.500. The Morgan fingerprint density at radius 3 is 1.91 bits per heavy atom.